The maximum Gasteiger partial charge on any atom is 0.111 e. The van der Waals surface area contributed by atoms with Crippen LogP contribution in [0.4, 0.5) is 0 Å². The number of hydrogen-bond donors (Lipinski definition) is 0. The highest BCUT2D eigenvalue weighted by Gasteiger charge is 1.98. The minimum Gasteiger partial charge on any atom is -0.0843 e. The van der Waals surface area contributed by atoms with E-state index in [0.717, 1.165) is 16.1 Å². The molecule has 0 atom stereocenters. The first-order valence-electron chi connectivity index (χ1n) is 5.07. The van der Waals surface area contributed by atoms with Crippen molar-refractivity contribution in [2.45, 2.75) is 6.92 Å². The first-order chi connectivity index (χ1) is 8.11. The minimum atomic E-state index is 0.443. The van der Waals surface area contributed by atoms with E-state index in [2.05, 4.69) is 0 Å². The van der Waals surface area contributed by atoms with Crippen LogP contribution >= 0.6 is 35.4 Å². The van der Waals surface area contributed by atoms with Crippen LogP contribution in [0, 0.1) is 6.92 Å². The number of hydrogen-bond acceptors (Lipinski definition) is 1. The Morgan fingerprint density at radius 2 is 1.47 bits per heavy atom. The summed E-state index contributed by atoms with van der Waals surface area (Å²) < 4.78 is 0.443. The average molecular weight is 283 g/mol. The summed E-state index contributed by atoms with van der Waals surface area (Å²) in [6.45, 7) is 1.99. The predicted octanol–water partition coefficient (Wildman–Crippen LogP) is 5.25. The first kappa shape index (κ1) is 14.2. The topological polar surface area (TPSA) is 0 Å². The van der Waals surface area contributed by atoms with Crippen LogP contribution in [0.5, 0.6) is 0 Å². The summed E-state index contributed by atoms with van der Waals surface area (Å²) in [5.41, 5.74) is 2.08. The fraction of sp³-hybridized carbons (Fsp3) is 0.0714. The number of aryl methyl sites for hydroxylation is 1. The Hall–Kier alpha value is -0.890. The summed E-state index contributed by atoms with van der Waals surface area (Å²) >= 11 is 16.0. The lowest BCUT2D eigenvalue weighted by Gasteiger charge is -1.98. The number of benzene rings is 2. The Balaban J connectivity index is 0.000000181. The third kappa shape index (κ3) is 5.31. The minimum absolute atomic E-state index is 0.443. The molecule has 2 rings (SSSR count). The standard InChI is InChI=1S/C8H7ClS.C6H5Cl/c1-6-4-2-3-5-7(6)8(9)10;7-6-4-2-1-3-5-6/h2-5H,1H3;1-5H. The Labute approximate surface area is 117 Å². The molecule has 2 aromatic carbocycles. The van der Waals surface area contributed by atoms with Gasteiger partial charge in [0.25, 0.3) is 0 Å². The van der Waals surface area contributed by atoms with E-state index >= 15 is 0 Å². The fourth-order valence-electron chi connectivity index (χ4n) is 1.21. The van der Waals surface area contributed by atoms with Gasteiger partial charge in [-0.25, -0.2) is 0 Å². The van der Waals surface area contributed by atoms with Crippen LogP contribution < -0.4 is 0 Å². The molecule has 0 nitrogen and oxygen atoms in total. The third-order valence-corrected chi connectivity index (χ3v) is 2.77. The molecule has 88 valence electrons. The van der Waals surface area contributed by atoms with Gasteiger partial charge in [-0.2, -0.15) is 0 Å². The summed E-state index contributed by atoms with van der Waals surface area (Å²) in [5.74, 6) is 0. The molecule has 0 amide bonds. The summed E-state index contributed by atoms with van der Waals surface area (Å²) in [7, 11) is 0. The molecule has 0 N–H and O–H groups in total. The quantitative estimate of drug-likeness (QED) is 0.509. The highest BCUT2D eigenvalue weighted by molar-refractivity contribution is 7.83. The lowest BCUT2D eigenvalue weighted by molar-refractivity contribution is 1.46. The van der Waals surface area contributed by atoms with Crippen molar-refractivity contribution in [3.8, 4) is 0 Å². The summed E-state index contributed by atoms with van der Waals surface area (Å²) in [5, 5.41) is 0.794. The molecule has 3 heteroatoms. The molecule has 2 aromatic rings. The molecule has 0 bridgehead atoms. The molecule has 17 heavy (non-hydrogen) atoms. The van der Waals surface area contributed by atoms with E-state index in [1.165, 1.54) is 0 Å². The zero-order chi connectivity index (χ0) is 12.7. The van der Waals surface area contributed by atoms with Gasteiger partial charge >= 0.3 is 0 Å². The van der Waals surface area contributed by atoms with Gasteiger partial charge in [0.2, 0.25) is 0 Å². The second kappa shape index (κ2) is 7.44. The van der Waals surface area contributed by atoms with E-state index in [9.17, 15) is 0 Å². The lowest BCUT2D eigenvalue weighted by atomic mass is 10.1. The molecule has 0 aliphatic heterocycles. The molecular weight excluding hydrogens is 271 g/mol. The SMILES string of the molecule is Cc1ccccc1C(=S)Cl.Clc1ccccc1. The molecule has 0 fully saturated rings. The molecule has 0 saturated carbocycles. The molecular formula is C14H12Cl2S. The van der Waals surface area contributed by atoms with Gasteiger partial charge in [-0.3, -0.25) is 0 Å². The molecule has 0 unspecified atom stereocenters. The number of rotatable bonds is 1. The second-order valence-electron chi connectivity index (χ2n) is 3.38. The van der Waals surface area contributed by atoms with E-state index in [1.807, 2.05) is 61.5 Å². The van der Waals surface area contributed by atoms with Gasteiger partial charge in [0.15, 0.2) is 0 Å². The maximum atomic E-state index is 5.64. The smallest absolute Gasteiger partial charge is 0.0843 e. The monoisotopic (exact) mass is 282 g/mol. The van der Waals surface area contributed by atoms with Crippen LogP contribution in [0.3, 0.4) is 0 Å². The molecule has 0 spiro atoms. The average Bonchev–Trinajstić information content (AvgIpc) is 2.31. The largest absolute Gasteiger partial charge is 0.111 e. The van der Waals surface area contributed by atoms with Crippen LogP contribution in [0.2, 0.25) is 5.02 Å². The normalized spacial score (nSPS) is 9.12. The van der Waals surface area contributed by atoms with Gasteiger partial charge in [-0.15, -0.1) is 0 Å². The van der Waals surface area contributed by atoms with Crippen molar-refractivity contribution in [2.24, 2.45) is 0 Å². The van der Waals surface area contributed by atoms with Crippen LogP contribution in [0.1, 0.15) is 11.1 Å². The highest BCUT2D eigenvalue weighted by atomic mass is 35.5. The molecule has 0 aromatic heterocycles. The highest BCUT2D eigenvalue weighted by Crippen LogP contribution is 2.10. The summed E-state index contributed by atoms with van der Waals surface area (Å²) in [6, 6.07) is 17.2. The van der Waals surface area contributed by atoms with E-state index in [-0.39, 0.29) is 0 Å². The van der Waals surface area contributed by atoms with Gasteiger partial charge in [0.1, 0.15) is 4.32 Å². The molecule has 0 heterocycles. The van der Waals surface area contributed by atoms with Crippen molar-refractivity contribution in [1.82, 2.24) is 0 Å². The molecule has 0 aliphatic carbocycles. The Kier molecular flexibility index (Phi) is 6.20. The summed E-state index contributed by atoms with van der Waals surface area (Å²) in [6.07, 6.45) is 0. The molecule has 0 radical (unpaired) electrons. The van der Waals surface area contributed by atoms with Crippen LogP contribution in [-0.4, -0.2) is 4.32 Å². The summed E-state index contributed by atoms with van der Waals surface area (Å²) in [4.78, 5) is 0. The van der Waals surface area contributed by atoms with E-state index in [0.29, 0.717) is 4.32 Å². The van der Waals surface area contributed by atoms with Crippen molar-refractivity contribution >= 4 is 39.7 Å². The van der Waals surface area contributed by atoms with E-state index in [4.69, 9.17) is 35.4 Å². The number of thiocarbonyl (C=S) groups is 1. The molecule has 0 aliphatic rings. The predicted molar refractivity (Wildman–Crippen MR) is 80.2 cm³/mol. The second-order valence-corrected chi connectivity index (χ2v) is 4.83. The Bertz CT molecular complexity index is 481. The fourth-order valence-corrected chi connectivity index (χ4v) is 1.79. The van der Waals surface area contributed by atoms with Gasteiger partial charge in [0, 0.05) is 10.6 Å². The Morgan fingerprint density at radius 3 is 1.82 bits per heavy atom. The van der Waals surface area contributed by atoms with Crippen molar-refractivity contribution in [3.05, 3.63) is 70.7 Å². The van der Waals surface area contributed by atoms with Gasteiger partial charge in [0.05, 0.1) is 0 Å². The first-order valence-corrected chi connectivity index (χ1v) is 6.23. The van der Waals surface area contributed by atoms with E-state index < -0.39 is 0 Å². The van der Waals surface area contributed by atoms with Crippen LogP contribution in [0.15, 0.2) is 54.6 Å². The third-order valence-electron chi connectivity index (χ3n) is 2.09. The van der Waals surface area contributed by atoms with Crippen LogP contribution in [0.25, 0.3) is 0 Å². The van der Waals surface area contributed by atoms with Crippen LogP contribution in [-0.2, 0) is 0 Å². The zero-order valence-corrected chi connectivity index (χ0v) is 11.7. The van der Waals surface area contributed by atoms with Gasteiger partial charge in [-0.05, 0) is 24.6 Å². The van der Waals surface area contributed by atoms with Crippen molar-refractivity contribution in [3.63, 3.8) is 0 Å². The van der Waals surface area contributed by atoms with Crippen molar-refractivity contribution in [2.75, 3.05) is 0 Å². The number of halogens is 2. The van der Waals surface area contributed by atoms with Gasteiger partial charge in [-0.1, -0.05) is 77.9 Å². The zero-order valence-electron chi connectivity index (χ0n) is 9.36. The van der Waals surface area contributed by atoms with Crippen molar-refractivity contribution < 1.29 is 0 Å². The molecule has 0 saturated heterocycles. The van der Waals surface area contributed by atoms with Gasteiger partial charge < -0.3 is 0 Å². The van der Waals surface area contributed by atoms with Crippen molar-refractivity contribution in [1.29, 1.82) is 0 Å². The Morgan fingerprint density at radius 1 is 0.941 bits per heavy atom. The maximum absolute atomic E-state index is 5.64. The lowest BCUT2D eigenvalue weighted by Crippen LogP contribution is -1.89. The van der Waals surface area contributed by atoms with E-state index in [1.54, 1.807) is 0 Å².